The average Bonchev–Trinajstić information content (AvgIpc) is 3.17. The van der Waals surface area contributed by atoms with Crippen molar-refractivity contribution in [3.8, 4) is 0 Å². The monoisotopic (exact) mass is 343 g/mol. The molecular weight excluding hydrogens is 325 g/mol. The van der Waals surface area contributed by atoms with Crippen LogP contribution in [-0.2, 0) is 16.1 Å². The molecule has 1 aromatic heterocycles. The van der Waals surface area contributed by atoms with Crippen LogP contribution in [0.4, 0.5) is 4.39 Å². The van der Waals surface area contributed by atoms with Gasteiger partial charge >= 0.3 is 0 Å². The molecule has 2 heterocycles. The molecule has 6 nitrogen and oxygen atoms in total. The van der Waals surface area contributed by atoms with Crippen molar-refractivity contribution in [3.63, 3.8) is 0 Å². The first kappa shape index (κ1) is 16.9. The van der Waals surface area contributed by atoms with E-state index in [0.717, 1.165) is 0 Å². The summed E-state index contributed by atoms with van der Waals surface area (Å²) in [4.78, 5) is 29.7. The molecule has 0 aliphatic carbocycles. The van der Waals surface area contributed by atoms with Crippen molar-refractivity contribution in [2.24, 2.45) is 0 Å². The zero-order chi connectivity index (χ0) is 18.0. The van der Waals surface area contributed by atoms with Crippen molar-refractivity contribution in [2.45, 2.75) is 25.9 Å². The molecule has 1 atom stereocenters. The van der Waals surface area contributed by atoms with Gasteiger partial charge in [0.05, 0.1) is 17.9 Å². The molecule has 0 saturated heterocycles. The van der Waals surface area contributed by atoms with Gasteiger partial charge in [0.15, 0.2) is 11.5 Å². The number of carbonyl (C=O) groups excluding carboxylic acids is 2. The van der Waals surface area contributed by atoms with E-state index in [9.17, 15) is 19.1 Å². The molecule has 3 rings (SSSR count). The molecule has 7 heteroatoms. The molecule has 0 spiro atoms. The molecule has 0 saturated carbocycles. The Morgan fingerprint density at radius 1 is 1.32 bits per heavy atom. The molecule has 1 aliphatic rings. The third-order valence-electron chi connectivity index (χ3n) is 4.26. The molecule has 130 valence electrons. The van der Waals surface area contributed by atoms with Crippen LogP contribution in [0, 0.1) is 5.82 Å². The fraction of sp³-hybridized carbons (Fsp3) is 0.278. The van der Waals surface area contributed by atoms with Crippen molar-refractivity contribution in [1.29, 1.82) is 0 Å². The van der Waals surface area contributed by atoms with E-state index >= 15 is 0 Å². The summed E-state index contributed by atoms with van der Waals surface area (Å²) in [5.41, 5.74) is 0.144. The fourth-order valence-corrected chi connectivity index (χ4v) is 3.11. The van der Waals surface area contributed by atoms with Gasteiger partial charge in [0.2, 0.25) is 0 Å². The summed E-state index contributed by atoms with van der Waals surface area (Å²) in [6.07, 6.45) is 5.70. The highest BCUT2D eigenvalue weighted by Gasteiger charge is 2.42. The van der Waals surface area contributed by atoms with Crippen LogP contribution in [0.2, 0.25) is 0 Å². The lowest BCUT2D eigenvalue weighted by Gasteiger charge is -2.27. The first-order valence-corrected chi connectivity index (χ1v) is 7.96. The van der Waals surface area contributed by atoms with E-state index in [2.05, 4.69) is 4.98 Å². The van der Waals surface area contributed by atoms with Gasteiger partial charge in [-0.25, -0.2) is 9.37 Å². The molecule has 0 radical (unpaired) electrons. The van der Waals surface area contributed by atoms with Gasteiger partial charge in [-0.1, -0.05) is 18.2 Å². The van der Waals surface area contributed by atoms with Gasteiger partial charge in [0.1, 0.15) is 5.82 Å². The zero-order valence-corrected chi connectivity index (χ0v) is 13.7. The molecule has 1 amide bonds. The minimum Gasteiger partial charge on any atom is -0.503 e. The number of amides is 1. The molecule has 0 fully saturated rings. The third kappa shape index (κ3) is 3.17. The van der Waals surface area contributed by atoms with Crippen LogP contribution in [0.1, 0.15) is 24.9 Å². The third-order valence-corrected chi connectivity index (χ3v) is 4.26. The normalized spacial score (nSPS) is 17.4. The second kappa shape index (κ2) is 6.88. The molecule has 1 N–H and O–H groups in total. The average molecular weight is 343 g/mol. The number of rotatable bonds is 6. The number of carbonyl (C=O) groups is 2. The van der Waals surface area contributed by atoms with Crippen LogP contribution in [0.25, 0.3) is 0 Å². The van der Waals surface area contributed by atoms with Crippen LogP contribution in [0.3, 0.4) is 0 Å². The topological polar surface area (TPSA) is 75.4 Å². The van der Waals surface area contributed by atoms with Crippen LogP contribution in [-0.4, -0.2) is 37.8 Å². The van der Waals surface area contributed by atoms with Crippen LogP contribution in [0.15, 0.2) is 54.3 Å². The van der Waals surface area contributed by atoms with Crippen molar-refractivity contribution in [1.82, 2.24) is 14.5 Å². The number of hydrogen-bond acceptors (Lipinski definition) is 4. The maximum Gasteiger partial charge on any atom is 0.290 e. The summed E-state index contributed by atoms with van der Waals surface area (Å²) in [6.45, 7) is 2.16. The second-order valence-electron chi connectivity index (χ2n) is 5.90. The summed E-state index contributed by atoms with van der Waals surface area (Å²) in [6, 6.07) is 5.07. The van der Waals surface area contributed by atoms with Crippen molar-refractivity contribution < 1.29 is 19.1 Å². The van der Waals surface area contributed by atoms with E-state index in [1.807, 2.05) is 4.57 Å². The number of imidazole rings is 1. The number of ketones is 1. The van der Waals surface area contributed by atoms with Gasteiger partial charge in [0.25, 0.3) is 5.91 Å². The lowest BCUT2D eigenvalue weighted by molar-refractivity contribution is -0.129. The summed E-state index contributed by atoms with van der Waals surface area (Å²) < 4.78 is 16.1. The van der Waals surface area contributed by atoms with Crippen molar-refractivity contribution >= 4 is 11.7 Å². The number of aliphatic hydroxyl groups excluding tert-OH is 1. The van der Waals surface area contributed by atoms with E-state index in [-0.39, 0.29) is 17.7 Å². The Hall–Kier alpha value is -2.96. The minimum absolute atomic E-state index is 0.0577. The molecular formula is C18H18FN3O3. The summed E-state index contributed by atoms with van der Waals surface area (Å²) in [5.74, 6) is -2.21. The molecule has 2 aromatic rings. The number of nitrogens with zero attached hydrogens (tertiary/aromatic N) is 3. The van der Waals surface area contributed by atoms with E-state index in [4.69, 9.17) is 0 Å². The highest BCUT2D eigenvalue weighted by molar-refractivity contribution is 6.08. The lowest BCUT2D eigenvalue weighted by Crippen LogP contribution is -2.32. The number of hydrogen-bond donors (Lipinski definition) is 1. The standard InChI is InChI=1S/C18H18FN3O3/c1-12(23)15-16(13-5-2-3-6-14(13)19)22(18(25)17(15)24)9-4-8-21-10-7-20-11-21/h2-3,5-7,10-11,16,24H,4,8-9H2,1H3. The van der Waals surface area contributed by atoms with Crippen LogP contribution in [0.5, 0.6) is 0 Å². The number of benzene rings is 1. The predicted molar refractivity (Wildman–Crippen MR) is 88.0 cm³/mol. The highest BCUT2D eigenvalue weighted by Crippen LogP contribution is 2.38. The number of aromatic nitrogens is 2. The Labute approximate surface area is 144 Å². The fourth-order valence-electron chi connectivity index (χ4n) is 3.11. The molecule has 1 aromatic carbocycles. The predicted octanol–water partition coefficient (Wildman–Crippen LogP) is 2.40. The van der Waals surface area contributed by atoms with Gasteiger partial charge < -0.3 is 14.6 Å². The van der Waals surface area contributed by atoms with Gasteiger partial charge in [-0.3, -0.25) is 9.59 Å². The van der Waals surface area contributed by atoms with Crippen LogP contribution >= 0.6 is 0 Å². The van der Waals surface area contributed by atoms with Gasteiger partial charge in [-0.05, 0) is 19.4 Å². The Kier molecular flexibility index (Phi) is 4.65. The van der Waals surface area contributed by atoms with Gasteiger partial charge in [-0.15, -0.1) is 0 Å². The Balaban J connectivity index is 1.88. The number of Topliss-reactive ketones (excluding diaryl/α,β-unsaturated/α-hetero) is 1. The Morgan fingerprint density at radius 3 is 2.72 bits per heavy atom. The lowest BCUT2D eigenvalue weighted by atomic mass is 9.96. The SMILES string of the molecule is CC(=O)C1=C(O)C(=O)N(CCCn2ccnc2)C1c1ccccc1F. The first-order valence-electron chi connectivity index (χ1n) is 7.96. The van der Waals surface area contributed by atoms with Gasteiger partial charge in [0, 0.05) is 31.0 Å². The molecule has 1 aliphatic heterocycles. The second-order valence-corrected chi connectivity index (χ2v) is 5.90. The Morgan fingerprint density at radius 2 is 2.08 bits per heavy atom. The van der Waals surface area contributed by atoms with E-state index < -0.39 is 29.3 Å². The largest absolute Gasteiger partial charge is 0.503 e. The zero-order valence-electron chi connectivity index (χ0n) is 13.7. The minimum atomic E-state index is -0.908. The van der Waals surface area contributed by atoms with Crippen LogP contribution < -0.4 is 0 Å². The quantitative estimate of drug-likeness (QED) is 0.874. The van der Waals surface area contributed by atoms with Gasteiger partial charge in [-0.2, -0.15) is 0 Å². The van der Waals surface area contributed by atoms with Crippen molar-refractivity contribution in [3.05, 3.63) is 65.7 Å². The summed E-state index contributed by atoms with van der Waals surface area (Å²) >= 11 is 0. The van der Waals surface area contributed by atoms with Crippen molar-refractivity contribution in [2.75, 3.05) is 6.54 Å². The maximum atomic E-state index is 14.3. The van der Waals surface area contributed by atoms with E-state index in [0.29, 0.717) is 13.0 Å². The molecule has 0 bridgehead atoms. The Bertz CT molecular complexity index is 830. The molecule has 25 heavy (non-hydrogen) atoms. The number of aliphatic hydroxyl groups is 1. The number of halogens is 1. The maximum absolute atomic E-state index is 14.3. The smallest absolute Gasteiger partial charge is 0.290 e. The van der Waals surface area contributed by atoms with E-state index in [1.165, 1.54) is 30.0 Å². The first-order chi connectivity index (χ1) is 12.0. The highest BCUT2D eigenvalue weighted by atomic mass is 19.1. The summed E-state index contributed by atoms with van der Waals surface area (Å²) in [5, 5.41) is 10.1. The molecule has 1 unspecified atom stereocenters. The number of aryl methyl sites for hydroxylation is 1. The van der Waals surface area contributed by atoms with E-state index in [1.54, 1.807) is 24.8 Å². The summed E-state index contributed by atoms with van der Waals surface area (Å²) in [7, 11) is 0.